The molecule has 0 amide bonds. The Morgan fingerprint density at radius 3 is 2.42 bits per heavy atom. The first-order valence-corrected chi connectivity index (χ1v) is 8.62. The van der Waals surface area contributed by atoms with Crippen LogP contribution in [0.5, 0.6) is 0 Å². The Morgan fingerprint density at radius 2 is 1.77 bits per heavy atom. The number of rotatable bonds is 5. The lowest BCUT2D eigenvalue weighted by Crippen LogP contribution is -2.09. The van der Waals surface area contributed by atoms with Gasteiger partial charge in [-0.1, -0.05) is 43.0 Å². The average Bonchev–Trinajstić information content (AvgIpc) is 2.61. The second-order valence-corrected chi connectivity index (χ2v) is 6.95. The summed E-state index contributed by atoms with van der Waals surface area (Å²) in [5, 5.41) is 3.33. The summed E-state index contributed by atoms with van der Waals surface area (Å²) in [5.41, 5.74) is 4.98. The molecule has 2 nitrogen and oxygen atoms in total. The van der Waals surface area contributed by atoms with Gasteiger partial charge in [0.15, 0.2) is 0 Å². The highest BCUT2D eigenvalue weighted by Crippen LogP contribution is 2.28. The Bertz CT molecular complexity index is 921. The fourth-order valence-electron chi connectivity index (χ4n) is 2.77. The van der Waals surface area contributed by atoms with E-state index in [4.69, 9.17) is 0 Å². The van der Waals surface area contributed by atoms with E-state index in [2.05, 4.69) is 35.9 Å². The molecule has 132 valence electrons. The molecular formula is C23H23FN2. The molecule has 1 heterocycles. The largest absolute Gasteiger partial charge is 0.356 e. The smallest absolute Gasteiger partial charge is 0.130 e. The standard InChI is InChI=1S/C23H23FN2/c1-16-6-5-7-21(14-16)26-17(2)18-8-10-19(11-9-18)22-15-20(12-13-25-22)23(3,4)24/h5-15,26H,2H2,1,3-4H3. The van der Waals surface area contributed by atoms with Crippen molar-refractivity contribution in [3.05, 3.63) is 90.1 Å². The number of hydrogen-bond acceptors (Lipinski definition) is 2. The lowest BCUT2D eigenvalue weighted by molar-refractivity contribution is 0.221. The van der Waals surface area contributed by atoms with Crippen LogP contribution < -0.4 is 5.32 Å². The van der Waals surface area contributed by atoms with E-state index in [1.54, 1.807) is 32.2 Å². The zero-order chi connectivity index (χ0) is 18.7. The topological polar surface area (TPSA) is 24.9 Å². The third-order valence-corrected chi connectivity index (χ3v) is 4.29. The molecule has 0 atom stereocenters. The van der Waals surface area contributed by atoms with E-state index in [1.807, 2.05) is 36.4 Å². The molecule has 0 fully saturated rings. The molecule has 1 N–H and O–H groups in total. The molecule has 0 spiro atoms. The van der Waals surface area contributed by atoms with Crippen molar-refractivity contribution in [1.29, 1.82) is 0 Å². The maximum atomic E-state index is 14.2. The Hall–Kier alpha value is -2.94. The Morgan fingerprint density at radius 1 is 1.04 bits per heavy atom. The van der Waals surface area contributed by atoms with Crippen LogP contribution in [0.25, 0.3) is 17.0 Å². The van der Waals surface area contributed by atoms with Gasteiger partial charge in [0.2, 0.25) is 0 Å². The highest BCUT2D eigenvalue weighted by molar-refractivity contribution is 5.76. The van der Waals surface area contributed by atoms with Crippen LogP contribution in [0.2, 0.25) is 0 Å². The number of benzene rings is 2. The van der Waals surface area contributed by atoms with Crippen molar-refractivity contribution in [2.75, 3.05) is 5.32 Å². The molecule has 2 aromatic carbocycles. The molecule has 0 aliphatic rings. The summed E-state index contributed by atoms with van der Waals surface area (Å²) in [6.07, 6.45) is 1.65. The zero-order valence-electron chi connectivity index (χ0n) is 15.4. The summed E-state index contributed by atoms with van der Waals surface area (Å²) in [6.45, 7) is 9.28. The van der Waals surface area contributed by atoms with E-state index >= 15 is 0 Å². The van der Waals surface area contributed by atoms with Crippen LogP contribution in [-0.4, -0.2) is 4.98 Å². The van der Waals surface area contributed by atoms with Gasteiger partial charge in [-0.15, -0.1) is 0 Å². The highest BCUT2D eigenvalue weighted by atomic mass is 19.1. The van der Waals surface area contributed by atoms with Crippen molar-refractivity contribution in [1.82, 2.24) is 4.98 Å². The number of alkyl halides is 1. The SMILES string of the molecule is C=C(Nc1cccc(C)c1)c1ccc(-c2cc(C(C)(C)F)ccn2)cc1. The van der Waals surface area contributed by atoms with E-state index in [1.165, 1.54) is 5.56 Å². The normalized spacial score (nSPS) is 11.2. The average molecular weight is 346 g/mol. The lowest BCUT2D eigenvalue weighted by atomic mass is 9.98. The maximum Gasteiger partial charge on any atom is 0.130 e. The van der Waals surface area contributed by atoms with Crippen molar-refractivity contribution in [3.8, 4) is 11.3 Å². The molecule has 3 rings (SSSR count). The summed E-state index contributed by atoms with van der Waals surface area (Å²) in [4.78, 5) is 4.37. The fourth-order valence-corrected chi connectivity index (χ4v) is 2.77. The summed E-state index contributed by atoms with van der Waals surface area (Å²) in [6, 6.07) is 19.6. The molecular weight excluding hydrogens is 323 g/mol. The number of nitrogens with one attached hydrogen (secondary N) is 1. The Kier molecular flexibility index (Phi) is 4.90. The summed E-state index contributed by atoms with van der Waals surface area (Å²) in [7, 11) is 0. The highest BCUT2D eigenvalue weighted by Gasteiger charge is 2.19. The van der Waals surface area contributed by atoms with E-state index in [-0.39, 0.29) is 0 Å². The Balaban J connectivity index is 1.79. The molecule has 0 unspecified atom stereocenters. The van der Waals surface area contributed by atoms with Crippen LogP contribution in [0.4, 0.5) is 10.1 Å². The molecule has 0 aliphatic carbocycles. The molecule has 0 aliphatic heterocycles. The van der Waals surface area contributed by atoms with Crippen molar-refractivity contribution in [2.24, 2.45) is 0 Å². The van der Waals surface area contributed by atoms with Crippen LogP contribution in [0, 0.1) is 6.92 Å². The van der Waals surface area contributed by atoms with Gasteiger partial charge in [0.05, 0.1) is 5.69 Å². The van der Waals surface area contributed by atoms with Gasteiger partial charge in [0.25, 0.3) is 0 Å². The van der Waals surface area contributed by atoms with Crippen LogP contribution in [0.3, 0.4) is 0 Å². The number of pyridine rings is 1. The first-order chi connectivity index (χ1) is 12.3. The number of halogens is 1. The van der Waals surface area contributed by atoms with E-state index in [9.17, 15) is 4.39 Å². The molecule has 3 heteroatoms. The van der Waals surface area contributed by atoms with Gasteiger partial charge in [-0.05, 0) is 61.7 Å². The number of hydrogen-bond donors (Lipinski definition) is 1. The third kappa shape index (κ3) is 4.17. The Labute approximate surface area is 154 Å². The van der Waals surface area contributed by atoms with Crippen LogP contribution in [0.15, 0.2) is 73.4 Å². The lowest BCUT2D eigenvalue weighted by Gasteiger charge is -2.15. The number of aromatic nitrogens is 1. The third-order valence-electron chi connectivity index (χ3n) is 4.29. The minimum Gasteiger partial charge on any atom is -0.356 e. The molecule has 0 saturated carbocycles. The molecule has 0 saturated heterocycles. The molecule has 3 aromatic rings. The van der Waals surface area contributed by atoms with Gasteiger partial charge >= 0.3 is 0 Å². The van der Waals surface area contributed by atoms with E-state index in [0.717, 1.165) is 28.2 Å². The molecule has 26 heavy (non-hydrogen) atoms. The van der Waals surface area contributed by atoms with E-state index in [0.29, 0.717) is 5.56 Å². The minimum absolute atomic E-state index is 0.622. The minimum atomic E-state index is -1.39. The quantitative estimate of drug-likeness (QED) is 0.582. The van der Waals surface area contributed by atoms with Crippen molar-refractivity contribution < 1.29 is 4.39 Å². The van der Waals surface area contributed by atoms with Crippen molar-refractivity contribution in [3.63, 3.8) is 0 Å². The van der Waals surface area contributed by atoms with E-state index < -0.39 is 5.67 Å². The maximum absolute atomic E-state index is 14.2. The first kappa shape index (κ1) is 17.9. The summed E-state index contributed by atoms with van der Waals surface area (Å²) < 4.78 is 14.2. The van der Waals surface area contributed by atoms with Crippen LogP contribution in [-0.2, 0) is 5.67 Å². The second kappa shape index (κ2) is 7.12. The zero-order valence-corrected chi connectivity index (χ0v) is 15.4. The summed E-state index contributed by atoms with van der Waals surface area (Å²) >= 11 is 0. The molecule has 0 radical (unpaired) electrons. The predicted octanol–water partition coefficient (Wildman–Crippen LogP) is 6.34. The van der Waals surface area contributed by atoms with Gasteiger partial charge in [-0.2, -0.15) is 0 Å². The first-order valence-electron chi connectivity index (χ1n) is 8.62. The molecule has 0 bridgehead atoms. The van der Waals surface area contributed by atoms with Gasteiger partial charge in [0, 0.05) is 23.1 Å². The van der Waals surface area contributed by atoms with Crippen LogP contribution >= 0.6 is 0 Å². The molecule has 1 aromatic heterocycles. The number of nitrogens with zero attached hydrogens (tertiary/aromatic N) is 1. The summed E-state index contributed by atoms with van der Waals surface area (Å²) in [5.74, 6) is 0. The van der Waals surface area contributed by atoms with Crippen molar-refractivity contribution in [2.45, 2.75) is 26.4 Å². The van der Waals surface area contributed by atoms with Crippen LogP contribution in [0.1, 0.15) is 30.5 Å². The van der Waals surface area contributed by atoms with Crippen molar-refractivity contribution >= 4 is 11.4 Å². The van der Waals surface area contributed by atoms with Gasteiger partial charge < -0.3 is 5.32 Å². The second-order valence-electron chi connectivity index (χ2n) is 6.95. The van der Waals surface area contributed by atoms with Gasteiger partial charge in [-0.3, -0.25) is 4.98 Å². The number of anilines is 1. The monoisotopic (exact) mass is 346 g/mol. The predicted molar refractivity (Wildman–Crippen MR) is 108 cm³/mol. The van der Waals surface area contributed by atoms with Gasteiger partial charge in [0.1, 0.15) is 5.67 Å². The van der Waals surface area contributed by atoms with Gasteiger partial charge in [-0.25, -0.2) is 4.39 Å². The fraction of sp³-hybridized carbons (Fsp3) is 0.174. The number of aryl methyl sites for hydroxylation is 1.